The Morgan fingerprint density at radius 3 is 1.80 bits per heavy atom. The molecule has 134 valence electrons. The minimum absolute atomic E-state index is 0.392. The lowest BCUT2D eigenvalue weighted by atomic mass is 9.86. The summed E-state index contributed by atoms with van der Waals surface area (Å²) in [6, 6.07) is 16.6. The molecule has 1 aliphatic rings. The van der Waals surface area contributed by atoms with Crippen molar-refractivity contribution in [2.45, 2.75) is 76.5 Å². The highest BCUT2D eigenvalue weighted by molar-refractivity contribution is 5.70. The Bertz CT molecular complexity index is 620. The Hall–Kier alpha value is -1.76. The molecule has 25 heavy (non-hydrogen) atoms. The lowest BCUT2D eigenvalue weighted by Gasteiger charge is -2.20. The van der Waals surface area contributed by atoms with Crippen LogP contribution in [0.4, 0.5) is 0 Å². The van der Waals surface area contributed by atoms with Crippen molar-refractivity contribution in [1.29, 1.82) is 0 Å². The van der Waals surface area contributed by atoms with Gasteiger partial charge in [0.2, 0.25) is 0 Å². The number of phenolic OH excluding ortho intramolecular Hbond substituents is 1. The lowest BCUT2D eigenvalue weighted by molar-refractivity contribution is 0.464. The molecule has 1 saturated carbocycles. The van der Waals surface area contributed by atoms with Gasteiger partial charge in [-0.15, -0.1) is 0 Å². The van der Waals surface area contributed by atoms with E-state index < -0.39 is 0 Å². The van der Waals surface area contributed by atoms with Crippen LogP contribution in [-0.2, 0) is 0 Å². The van der Waals surface area contributed by atoms with Gasteiger partial charge in [-0.3, -0.25) is 0 Å². The highest BCUT2D eigenvalue weighted by Gasteiger charge is 2.14. The fourth-order valence-corrected chi connectivity index (χ4v) is 4.15. The van der Waals surface area contributed by atoms with Gasteiger partial charge in [-0.2, -0.15) is 0 Å². The quantitative estimate of drug-likeness (QED) is 0.604. The Kier molecular flexibility index (Phi) is 6.97. The van der Waals surface area contributed by atoms with E-state index in [-0.39, 0.29) is 0 Å². The maximum Gasteiger partial charge on any atom is 0.123 e. The van der Waals surface area contributed by atoms with Crippen molar-refractivity contribution >= 4 is 0 Å². The van der Waals surface area contributed by atoms with Crippen molar-refractivity contribution in [3.63, 3.8) is 0 Å². The van der Waals surface area contributed by atoms with Gasteiger partial charge in [0.25, 0.3) is 0 Å². The molecule has 0 radical (unpaired) electrons. The highest BCUT2D eigenvalue weighted by Crippen LogP contribution is 2.36. The van der Waals surface area contributed by atoms with Gasteiger partial charge in [-0.1, -0.05) is 94.2 Å². The first-order chi connectivity index (χ1) is 12.3. The molecule has 0 heterocycles. The molecule has 1 aliphatic carbocycles. The molecule has 1 N–H and O–H groups in total. The van der Waals surface area contributed by atoms with Gasteiger partial charge in [0.1, 0.15) is 5.75 Å². The number of benzene rings is 2. The Morgan fingerprint density at radius 2 is 1.20 bits per heavy atom. The fourth-order valence-electron chi connectivity index (χ4n) is 4.15. The lowest BCUT2D eigenvalue weighted by Crippen LogP contribution is -2.01. The predicted molar refractivity (Wildman–Crippen MR) is 107 cm³/mol. The van der Waals surface area contributed by atoms with E-state index in [2.05, 4.69) is 24.3 Å². The molecule has 0 aliphatic heterocycles. The smallest absolute Gasteiger partial charge is 0.123 e. The minimum atomic E-state index is 0.392. The number of aromatic hydroxyl groups is 1. The van der Waals surface area contributed by atoms with E-state index >= 15 is 0 Å². The first-order valence-electron chi connectivity index (χ1n) is 10.2. The van der Waals surface area contributed by atoms with E-state index in [0.29, 0.717) is 11.7 Å². The number of phenols is 1. The molecule has 1 nitrogen and oxygen atoms in total. The molecule has 1 fully saturated rings. The average Bonchev–Trinajstić information content (AvgIpc) is 2.64. The van der Waals surface area contributed by atoms with E-state index in [0.717, 1.165) is 11.1 Å². The first-order valence-corrected chi connectivity index (χ1v) is 10.2. The molecule has 2 aromatic rings. The molecule has 0 unspecified atom stereocenters. The maximum absolute atomic E-state index is 10.3. The molecule has 0 bridgehead atoms. The Morgan fingerprint density at radius 1 is 0.640 bits per heavy atom. The van der Waals surface area contributed by atoms with Crippen LogP contribution in [0.25, 0.3) is 11.1 Å². The number of rotatable bonds is 2. The zero-order valence-electron chi connectivity index (χ0n) is 15.4. The normalized spacial score (nSPS) is 18.2. The van der Waals surface area contributed by atoms with Crippen LogP contribution >= 0.6 is 0 Å². The SMILES string of the molecule is Oc1ccc(C2CCCCCCCCCCC2)cc1-c1ccccc1. The van der Waals surface area contributed by atoms with E-state index in [1.54, 1.807) is 0 Å². The van der Waals surface area contributed by atoms with E-state index in [9.17, 15) is 5.11 Å². The summed E-state index contributed by atoms with van der Waals surface area (Å²) >= 11 is 0. The second kappa shape index (κ2) is 9.65. The van der Waals surface area contributed by atoms with Gasteiger partial charge in [-0.05, 0) is 42.0 Å². The fraction of sp³-hybridized carbons (Fsp3) is 0.500. The number of hydrogen-bond acceptors (Lipinski definition) is 1. The molecule has 0 saturated heterocycles. The van der Waals surface area contributed by atoms with Crippen LogP contribution in [0.5, 0.6) is 5.75 Å². The molecule has 2 aromatic carbocycles. The second-order valence-electron chi connectivity index (χ2n) is 7.60. The molecule has 1 heteroatoms. The van der Waals surface area contributed by atoms with Crippen molar-refractivity contribution < 1.29 is 5.11 Å². The molecular formula is C24H32O. The van der Waals surface area contributed by atoms with Crippen LogP contribution in [-0.4, -0.2) is 5.11 Å². The summed E-state index contributed by atoms with van der Waals surface area (Å²) in [5.74, 6) is 1.03. The Balaban J connectivity index is 1.77. The standard InChI is InChI=1S/C24H32O/c25-24-18-17-22(19-23(24)21-15-11-8-12-16-21)20-13-9-6-4-2-1-3-5-7-10-14-20/h8,11-12,15-20,25H,1-7,9-10,13-14H2. The zero-order chi connectivity index (χ0) is 17.3. The number of hydrogen-bond donors (Lipinski definition) is 1. The van der Waals surface area contributed by atoms with Gasteiger partial charge in [0, 0.05) is 5.56 Å². The third-order valence-electron chi connectivity index (χ3n) is 5.68. The summed E-state index contributed by atoms with van der Waals surface area (Å²) in [4.78, 5) is 0. The van der Waals surface area contributed by atoms with Crippen molar-refractivity contribution in [1.82, 2.24) is 0 Å². The third-order valence-corrected chi connectivity index (χ3v) is 5.68. The summed E-state index contributed by atoms with van der Waals surface area (Å²) in [5.41, 5.74) is 3.49. The van der Waals surface area contributed by atoms with Crippen molar-refractivity contribution in [3.8, 4) is 16.9 Å². The average molecular weight is 337 g/mol. The zero-order valence-corrected chi connectivity index (χ0v) is 15.4. The predicted octanol–water partition coefficient (Wildman–Crippen LogP) is 7.45. The highest BCUT2D eigenvalue weighted by atomic mass is 16.3. The van der Waals surface area contributed by atoms with Gasteiger partial charge < -0.3 is 5.11 Å². The van der Waals surface area contributed by atoms with Gasteiger partial charge >= 0.3 is 0 Å². The second-order valence-corrected chi connectivity index (χ2v) is 7.60. The minimum Gasteiger partial charge on any atom is -0.507 e. The van der Waals surface area contributed by atoms with E-state index in [1.165, 1.54) is 76.2 Å². The van der Waals surface area contributed by atoms with Crippen molar-refractivity contribution in [2.75, 3.05) is 0 Å². The van der Waals surface area contributed by atoms with E-state index in [4.69, 9.17) is 0 Å². The molecule has 0 spiro atoms. The van der Waals surface area contributed by atoms with Crippen LogP contribution in [0, 0.1) is 0 Å². The van der Waals surface area contributed by atoms with Crippen LogP contribution in [0.2, 0.25) is 0 Å². The van der Waals surface area contributed by atoms with Crippen LogP contribution in [0.3, 0.4) is 0 Å². The molecule has 0 aromatic heterocycles. The third kappa shape index (κ3) is 5.36. The van der Waals surface area contributed by atoms with Crippen LogP contribution in [0.1, 0.15) is 82.1 Å². The van der Waals surface area contributed by atoms with Crippen LogP contribution in [0.15, 0.2) is 48.5 Å². The monoisotopic (exact) mass is 336 g/mol. The summed E-state index contributed by atoms with van der Waals surface area (Å²) < 4.78 is 0. The van der Waals surface area contributed by atoms with Crippen LogP contribution < -0.4 is 0 Å². The summed E-state index contributed by atoms with van der Waals surface area (Å²) in [6.45, 7) is 0. The Labute approximate surface area is 153 Å². The van der Waals surface area contributed by atoms with Crippen molar-refractivity contribution in [2.24, 2.45) is 0 Å². The molecule has 0 amide bonds. The van der Waals surface area contributed by atoms with Gasteiger partial charge in [-0.25, -0.2) is 0 Å². The first kappa shape index (κ1) is 18.0. The summed E-state index contributed by atoms with van der Waals surface area (Å²) in [5, 5.41) is 10.3. The summed E-state index contributed by atoms with van der Waals surface area (Å²) in [7, 11) is 0. The largest absolute Gasteiger partial charge is 0.507 e. The maximum atomic E-state index is 10.3. The topological polar surface area (TPSA) is 20.2 Å². The van der Waals surface area contributed by atoms with Gasteiger partial charge in [0.05, 0.1) is 0 Å². The van der Waals surface area contributed by atoms with E-state index in [1.807, 2.05) is 24.3 Å². The molecule has 3 rings (SSSR count). The molecular weight excluding hydrogens is 304 g/mol. The molecule has 0 atom stereocenters. The van der Waals surface area contributed by atoms with Gasteiger partial charge in [0.15, 0.2) is 0 Å². The summed E-state index contributed by atoms with van der Waals surface area (Å²) in [6.07, 6.45) is 15.1. The van der Waals surface area contributed by atoms with Crippen molar-refractivity contribution in [3.05, 3.63) is 54.1 Å².